The summed E-state index contributed by atoms with van der Waals surface area (Å²) in [5.41, 5.74) is 10.0. The second-order valence-corrected chi connectivity index (χ2v) is 5.43. The molecule has 4 rings (SSSR count). The van der Waals surface area contributed by atoms with Crippen LogP contribution in [-0.2, 0) is 6.42 Å². The van der Waals surface area contributed by atoms with Gasteiger partial charge in [-0.1, -0.05) is 18.2 Å². The van der Waals surface area contributed by atoms with Gasteiger partial charge in [-0.2, -0.15) is 0 Å². The molecule has 106 valence electrons. The zero-order valence-corrected chi connectivity index (χ0v) is 11.7. The van der Waals surface area contributed by atoms with E-state index in [-0.39, 0.29) is 0 Å². The minimum atomic E-state index is 0.505. The third-order valence-electron chi connectivity index (χ3n) is 4.01. The minimum Gasteiger partial charge on any atom is -0.483 e. The van der Waals surface area contributed by atoms with Gasteiger partial charge in [-0.3, -0.25) is 0 Å². The minimum absolute atomic E-state index is 0.505. The van der Waals surface area contributed by atoms with Gasteiger partial charge in [0.1, 0.15) is 23.9 Å². The predicted octanol–water partition coefficient (Wildman–Crippen LogP) is 3.14. The molecule has 0 amide bonds. The smallest absolute Gasteiger partial charge is 0.148 e. The summed E-state index contributed by atoms with van der Waals surface area (Å²) in [5.74, 6) is 1.76. The van der Waals surface area contributed by atoms with Crippen LogP contribution in [0.3, 0.4) is 0 Å². The summed E-state index contributed by atoms with van der Waals surface area (Å²) >= 11 is 0. The first-order chi connectivity index (χ1) is 10.3. The van der Waals surface area contributed by atoms with Crippen LogP contribution in [0.4, 0.5) is 17.1 Å². The Bertz CT molecular complexity index is 724. The molecule has 2 aromatic rings. The number of benzene rings is 2. The molecule has 0 atom stereocenters. The molecule has 0 radical (unpaired) electrons. The van der Waals surface area contributed by atoms with E-state index < -0.39 is 0 Å². The molecule has 0 aliphatic carbocycles. The molecule has 2 heterocycles. The fourth-order valence-electron chi connectivity index (χ4n) is 3.00. The SMILES string of the molecule is Nc1ccc2c(c1)N=C(N1CCCc3ccccc31)CO2. The van der Waals surface area contributed by atoms with E-state index in [9.17, 15) is 0 Å². The number of nitrogens with zero attached hydrogens (tertiary/aromatic N) is 2. The van der Waals surface area contributed by atoms with Gasteiger partial charge in [-0.15, -0.1) is 0 Å². The second kappa shape index (κ2) is 4.81. The fourth-order valence-corrected chi connectivity index (χ4v) is 3.00. The van der Waals surface area contributed by atoms with Crippen molar-refractivity contribution in [1.82, 2.24) is 0 Å². The highest BCUT2D eigenvalue weighted by Gasteiger charge is 2.24. The normalized spacial score (nSPS) is 16.6. The van der Waals surface area contributed by atoms with Gasteiger partial charge in [-0.25, -0.2) is 4.99 Å². The van der Waals surface area contributed by atoms with Crippen molar-refractivity contribution in [3.05, 3.63) is 48.0 Å². The number of aliphatic imine (C=N–C) groups is 1. The summed E-state index contributed by atoms with van der Waals surface area (Å²) in [6.45, 7) is 1.49. The zero-order chi connectivity index (χ0) is 14.2. The number of ether oxygens (including phenoxy) is 1. The van der Waals surface area contributed by atoms with E-state index in [1.165, 1.54) is 11.3 Å². The maximum Gasteiger partial charge on any atom is 0.148 e. The number of nitrogens with two attached hydrogens (primary N) is 1. The Kier molecular flexibility index (Phi) is 2.81. The van der Waals surface area contributed by atoms with Crippen LogP contribution < -0.4 is 15.4 Å². The van der Waals surface area contributed by atoms with Gasteiger partial charge in [0.05, 0.1) is 0 Å². The van der Waals surface area contributed by atoms with E-state index in [0.717, 1.165) is 36.7 Å². The molecule has 4 heteroatoms. The highest BCUT2D eigenvalue weighted by atomic mass is 16.5. The Hall–Kier alpha value is -2.49. The molecule has 0 bridgehead atoms. The van der Waals surface area contributed by atoms with Crippen molar-refractivity contribution < 1.29 is 4.74 Å². The van der Waals surface area contributed by atoms with Gasteiger partial charge >= 0.3 is 0 Å². The van der Waals surface area contributed by atoms with E-state index >= 15 is 0 Å². The second-order valence-electron chi connectivity index (χ2n) is 5.43. The van der Waals surface area contributed by atoms with Crippen molar-refractivity contribution in [3.8, 4) is 5.75 Å². The molecule has 0 aromatic heterocycles. The monoisotopic (exact) mass is 279 g/mol. The molecule has 0 saturated carbocycles. The largest absolute Gasteiger partial charge is 0.483 e. The summed E-state index contributed by atoms with van der Waals surface area (Å²) in [5, 5.41) is 0. The first kappa shape index (κ1) is 12.3. The van der Waals surface area contributed by atoms with Crippen LogP contribution >= 0.6 is 0 Å². The highest BCUT2D eigenvalue weighted by molar-refractivity contribution is 6.02. The van der Waals surface area contributed by atoms with Crippen molar-refractivity contribution in [2.75, 3.05) is 23.8 Å². The summed E-state index contributed by atoms with van der Waals surface area (Å²) in [6, 6.07) is 14.1. The molecule has 0 fully saturated rings. The first-order valence-electron chi connectivity index (χ1n) is 7.26. The van der Waals surface area contributed by atoms with E-state index in [2.05, 4.69) is 29.2 Å². The Labute approximate surface area is 123 Å². The number of anilines is 2. The van der Waals surface area contributed by atoms with Crippen molar-refractivity contribution >= 4 is 22.9 Å². The summed E-state index contributed by atoms with van der Waals surface area (Å²) in [7, 11) is 0. The lowest BCUT2D eigenvalue weighted by molar-refractivity contribution is 0.369. The lowest BCUT2D eigenvalue weighted by Crippen LogP contribution is -2.39. The van der Waals surface area contributed by atoms with Crippen LogP contribution in [0.2, 0.25) is 0 Å². The van der Waals surface area contributed by atoms with Crippen LogP contribution in [0.25, 0.3) is 0 Å². The van der Waals surface area contributed by atoms with Crippen molar-refractivity contribution in [3.63, 3.8) is 0 Å². The lowest BCUT2D eigenvalue weighted by atomic mass is 10.0. The topological polar surface area (TPSA) is 50.8 Å². The maximum absolute atomic E-state index is 5.84. The summed E-state index contributed by atoms with van der Waals surface area (Å²) < 4.78 is 5.83. The summed E-state index contributed by atoms with van der Waals surface area (Å²) in [4.78, 5) is 7.04. The molecule has 21 heavy (non-hydrogen) atoms. The Morgan fingerprint density at radius 2 is 2.05 bits per heavy atom. The zero-order valence-electron chi connectivity index (χ0n) is 11.7. The van der Waals surface area contributed by atoms with Gasteiger partial charge in [0.25, 0.3) is 0 Å². The molecule has 0 saturated heterocycles. The molecule has 2 N–H and O–H groups in total. The number of aryl methyl sites for hydroxylation is 1. The van der Waals surface area contributed by atoms with E-state index in [1.807, 2.05) is 18.2 Å². The third kappa shape index (κ3) is 2.13. The fraction of sp³-hybridized carbons (Fsp3) is 0.235. The molecular weight excluding hydrogens is 262 g/mol. The molecule has 2 aliphatic rings. The van der Waals surface area contributed by atoms with Crippen LogP contribution in [0.5, 0.6) is 5.75 Å². The maximum atomic E-state index is 5.84. The third-order valence-corrected chi connectivity index (χ3v) is 4.01. The highest BCUT2D eigenvalue weighted by Crippen LogP contribution is 2.35. The molecule has 0 spiro atoms. The standard InChI is InChI=1S/C17H17N3O/c18-13-7-8-16-14(10-13)19-17(11-21-16)20-9-3-5-12-4-1-2-6-15(12)20/h1-2,4,6-8,10H,3,5,9,11,18H2. The van der Waals surface area contributed by atoms with Gasteiger partial charge in [-0.05, 0) is 42.7 Å². The Morgan fingerprint density at radius 3 is 3.00 bits per heavy atom. The number of para-hydroxylation sites is 1. The number of nitrogen functional groups attached to an aromatic ring is 1. The van der Waals surface area contributed by atoms with Crippen molar-refractivity contribution in [2.45, 2.75) is 12.8 Å². The number of hydrogen-bond acceptors (Lipinski definition) is 4. The van der Waals surface area contributed by atoms with Crippen LogP contribution in [0, 0.1) is 0 Å². The van der Waals surface area contributed by atoms with Crippen molar-refractivity contribution in [2.24, 2.45) is 4.99 Å². The van der Waals surface area contributed by atoms with Gasteiger partial charge < -0.3 is 15.4 Å². The average molecular weight is 279 g/mol. The first-order valence-corrected chi connectivity index (χ1v) is 7.26. The number of hydrogen-bond donors (Lipinski definition) is 1. The van der Waals surface area contributed by atoms with Gasteiger partial charge in [0, 0.05) is 17.9 Å². The quantitative estimate of drug-likeness (QED) is 0.754. The molecule has 0 unspecified atom stereocenters. The Balaban J connectivity index is 1.75. The lowest BCUT2D eigenvalue weighted by Gasteiger charge is -2.33. The average Bonchev–Trinajstić information content (AvgIpc) is 2.53. The van der Waals surface area contributed by atoms with E-state index in [1.54, 1.807) is 0 Å². The van der Waals surface area contributed by atoms with Gasteiger partial charge in [0.2, 0.25) is 0 Å². The number of amidine groups is 1. The van der Waals surface area contributed by atoms with Crippen LogP contribution in [0.15, 0.2) is 47.5 Å². The summed E-state index contributed by atoms with van der Waals surface area (Å²) in [6.07, 6.45) is 2.27. The van der Waals surface area contributed by atoms with Crippen molar-refractivity contribution in [1.29, 1.82) is 0 Å². The number of fused-ring (bicyclic) bond motifs is 2. The van der Waals surface area contributed by atoms with Crippen LogP contribution in [0.1, 0.15) is 12.0 Å². The Morgan fingerprint density at radius 1 is 1.14 bits per heavy atom. The molecule has 4 nitrogen and oxygen atoms in total. The molecule has 2 aliphatic heterocycles. The predicted molar refractivity (Wildman–Crippen MR) is 85.6 cm³/mol. The molecular formula is C17H17N3O. The molecule has 2 aromatic carbocycles. The number of rotatable bonds is 0. The van der Waals surface area contributed by atoms with E-state index in [0.29, 0.717) is 12.3 Å². The van der Waals surface area contributed by atoms with Gasteiger partial charge in [0.15, 0.2) is 0 Å². The van der Waals surface area contributed by atoms with E-state index in [4.69, 9.17) is 15.5 Å². The van der Waals surface area contributed by atoms with Crippen LogP contribution in [-0.4, -0.2) is 19.0 Å².